The fourth-order valence-electron chi connectivity index (χ4n) is 3.13. The van der Waals surface area contributed by atoms with Crippen molar-refractivity contribution in [2.75, 3.05) is 26.2 Å². The number of piperidine rings is 1. The Labute approximate surface area is 147 Å². The molecule has 1 aromatic rings. The topological polar surface area (TPSA) is 44.4 Å². The molecular weight excluding hydrogens is 298 g/mol. The molecule has 1 amide bonds. The van der Waals surface area contributed by atoms with Crippen LogP contribution in [0, 0.1) is 0 Å². The van der Waals surface area contributed by atoms with Crippen LogP contribution >= 0.6 is 0 Å². The van der Waals surface area contributed by atoms with Crippen LogP contribution in [-0.2, 0) is 11.2 Å². The molecule has 0 spiro atoms. The summed E-state index contributed by atoms with van der Waals surface area (Å²) >= 11 is 0. The van der Waals surface area contributed by atoms with Gasteiger partial charge in [-0.2, -0.15) is 0 Å². The Morgan fingerprint density at radius 2 is 1.96 bits per heavy atom. The Morgan fingerprint density at radius 3 is 2.62 bits per heavy atom. The second-order valence-corrected chi connectivity index (χ2v) is 6.93. The third-order valence-electron chi connectivity index (χ3n) is 4.95. The molecule has 4 nitrogen and oxygen atoms in total. The van der Waals surface area contributed by atoms with E-state index < -0.39 is 0 Å². The van der Waals surface area contributed by atoms with Gasteiger partial charge in [-0.1, -0.05) is 37.3 Å². The summed E-state index contributed by atoms with van der Waals surface area (Å²) < 4.78 is 0. The van der Waals surface area contributed by atoms with E-state index in [4.69, 9.17) is 0 Å². The van der Waals surface area contributed by atoms with E-state index in [-0.39, 0.29) is 11.9 Å². The molecule has 0 aromatic heterocycles. The molecular formula is C20H33N3O. The highest BCUT2D eigenvalue weighted by Gasteiger charge is 2.18. The number of nitrogens with one attached hydrogen (secondary N) is 2. The second kappa shape index (κ2) is 10.5. The third-order valence-corrected chi connectivity index (χ3v) is 4.95. The number of amides is 1. The van der Waals surface area contributed by atoms with E-state index >= 15 is 0 Å². The average Bonchev–Trinajstić information content (AvgIpc) is 2.62. The first-order chi connectivity index (χ1) is 11.7. The Kier molecular flexibility index (Phi) is 8.26. The van der Waals surface area contributed by atoms with Gasteiger partial charge in [0.1, 0.15) is 0 Å². The van der Waals surface area contributed by atoms with Crippen molar-refractivity contribution in [1.29, 1.82) is 0 Å². The molecule has 1 unspecified atom stereocenters. The monoisotopic (exact) mass is 331 g/mol. The van der Waals surface area contributed by atoms with Gasteiger partial charge >= 0.3 is 0 Å². The third kappa shape index (κ3) is 7.02. The number of nitrogens with zero attached hydrogens (tertiary/aromatic N) is 1. The largest absolute Gasteiger partial charge is 0.354 e. The smallest absolute Gasteiger partial charge is 0.221 e. The van der Waals surface area contributed by atoms with Crippen LogP contribution in [0.1, 0.15) is 45.1 Å². The van der Waals surface area contributed by atoms with Crippen LogP contribution in [0.4, 0.5) is 0 Å². The van der Waals surface area contributed by atoms with Crippen molar-refractivity contribution in [3.8, 4) is 0 Å². The van der Waals surface area contributed by atoms with Gasteiger partial charge in [0, 0.05) is 31.6 Å². The van der Waals surface area contributed by atoms with Crippen LogP contribution in [0.15, 0.2) is 30.3 Å². The number of benzene rings is 1. The molecule has 1 atom stereocenters. The van der Waals surface area contributed by atoms with Gasteiger partial charge in [-0.3, -0.25) is 4.79 Å². The van der Waals surface area contributed by atoms with Crippen molar-refractivity contribution in [3.63, 3.8) is 0 Å². The van der Waals surface area contributed by atoms with E-state index in [1.54, 1.807) is 0 Å². The number of rotatable bonds is 9. The lowest BCUT2D eigenvalue weighted by Gasteiger charge is -2.32. The molecule has 4 heteroatoms. The molecule has 1 aliphatic rings. The van der Waals surface area contributed by atoms with Gasteiger partial charge < -0.3 is 15.5 Å². The fraction of sp³-hybridized carbons (Fsp3) is 0.650. The molecule has 1 heterocycles. The van der Waals surface area contributed by atoms with Crippen LogP contribution in [0.25, 0.3) is 0 Å². The highest BCUT2D eigenvalue weighted by molar-refractivity contribution is 5.76. The zero-order valence-corrected chi connectivity index (χ0v) is 15.3. The van der Waals surface area contributed by atoms with Crippen LogP contribution < -0.4 is 10.6 Å². The van der Waals surface area contributed by atoms with Crippen molar-refractivity contribution < 1.29 is 4.79 Å². The molecule has 1 saturated heterocycles. The summed E-state index contributed by atoms with van der Waals surface area (Å²) in [7, 11) is 0. The average molecular weight is 332 g/mol. The number of hydrogen-bond donors (Lipinski definition) is 2. The summed E-state index contributed by atoms with van der Waals surface area (Å²) in [5.41, 5.74) is 1.42. The van der Waals surface area contributed by atoms with E-state index in [1.807, 2.05) is 0 Å². The van der Waals surface area contributed by atoms with E-state index in [0.717, 1.165) is 39.0 Å². The highest BCUT2D eigenvalue weighted by atomic mass is 16.1. The standard InChI is InChI=1S/C20H33N3O/c1-3-17(2)22-20(24)9-13-21-19-11-15-23(16-12-19)14-10-18-7-5-4-6-8-18/h4-8,17,19,21H,3,9-16H2,1-2H3,(H,22,24). The maximum atomic E-state index is 11.8. The predicted molar refractivity (Wildman–Crippen MR) is 100 cm³/mol. The van der Waals surface area contributed by atoms with Gasteiger partial charge in [0.25, 0.3) is 0 Å². The Bertz CT molecular complexity index is 469. The molecule has 2 rings (SSSR count). The van der Waals surface area contributed by atoms with Gasteiger partial charge in [-0.25, -0.2) is 0 Å². The highest BCUT2D eigenvalue weighted by Crippen LogP contribution is 2.11. The quantitative estimate of drug-likeness (QED) is 0.731. The molecule has 0 bridgehead atoms. The number of likely N-dealkylation sites (tertiary alicyclic amines) is 1. The van der Waals surface area contributed by atoms with Crippen molar-refractivity contribution in [1.82, 2.24) is 15.5 Å². The first-order valence-corrected chi connectivity index (χ1v) is 9.46. The lowest BCUT2D eigenvalue weighted by molar-refractivity contribution is -0.121. The Balaban J connectivity index is 1.55. The van der Waals surface area contributed by atoms with Crippen LogP contribution in [-0.4, -0.2) is 49.1 Å². The number of carbonyl (C=O) groups excluding carboxylic acids is 1. The minimum atomic E-state index is 0.164. The lowest BCUT2D eigenvalue weighted by atomic mass is 10.0. The Hall–Kier alpha value is -1.39. The van der Waals surface area contributed by atoms with Gasteiger partial charge in [-0.15, -0.1) is 0 Å². The number of hydrogen-bond acceptors (Lipinski definition) is 3. The van der Waals surface area contributed by atoms with E-state index in [2.05, 4.69) is 59.7 Å². The van der Waals surface area contributed by atoms with Crippen molar-refractivity contribution >= 4 is 5.91 Å². The summed E-state index contributed by atoms with van der Waals surface area (Å²) in [6.45, 7) is 8.39. The molecule has 1 fully saturated rings. The number of carbonyl (C=O) groups is 1. The zero-order chi connectivity index (χ0) is 17.2. The van der Waals surface area contributed by atoms with Gasteiger partial charge in [0.15, 0.2) is 0 Å². The molecule has 2 N–H and O–H groups in total. The maximum absolute atomic E-state index is 11.8. The lowest BCUT2D eigenvalue weighted by Crippen LogP contribution is -2.44. The summed E-state index contributed by atoms with van der Waals surface area (Å²) in [5, 5.41) is 6.57. The van der Waals surface area contributed by atoms with E-state index in [9.17, 15) is 4.79 Å². The van der Waals surface area contributed by atoms with Crippen molar-refractivity contribution in [3.05, 3.63) is 35.9 Å². The molecule has 0 saturated carbocycles. The molecule has 0 radical (unpaired) electrons. The molecule has 134 valence electrons. The van der Waals surface area contributed by atoms with Gasteiger partial charge in [-0.05, 0) is 51.3 Å². The molecule has 24 heavy (non-hydrogen) atoms. The summed E-state index contributed by atoms with van der Waals surface area (Å²) in [5.74, 6) is 0.164. The minimum Gasteiger partial charge on any atom is -0.354 e. The van der Waals surface area contributed by atoms with Crippen molar-refractivity contribution in [2.45, 2.75) is 58.0 Å². The van der Waals surface area contributed by atoms with E-state index in [1.165, 1.54) is 18.4 Å². The summed E-state index contributed by atoms with van der Waals surface area (Å²) in [4.78, 5) is 14.3. The van der Waals surface area contributed by atoms with Crippen LogP contribution in [0.3, 0.4) is 0 Å². The van der Waals surface area contributed by atoms with Crippen molar-refractivity contribution in [2.24, 2.45) is 0 Å². The van der Waals surface area contributed by atoms with Gasteiger partial charge in [0.2, 0.25) is 5.91 Å². The predicted octanol–water partition coefficient (Wildman–Crippen LogP) is 2.59. The first kappa shape index (κ1) is 18.9. The molecule has 1 aromatic carbocycles. The van der Waals surface area contributed by atoms with Gasteiger partial charge in [0.05, 0.1) is 0 Å². The Morgan fingerprint density at radius 1 is 1.25 bits per heavy atom. The second-order valence-electron chi connectivity index (χ2n) is 6.93. The fourth-order valence-corrected chi connectivity index (χ4v) is 3.13. The first-order valence-electron chi connectivity index (χ1n) is 9.46. The normalized spacial score (nSPS) is 17.6. The minimum absolute atomic E-state index is 0.164. The van der Waals surface area contributed by atoms with Crippen LogP contribution in [0.2, 0.25) is 0 Å². The summed E-state index contributed by atoms with van der Waals surface area (Å²) in [6.07, 6.45) is 5.07. The van der Waals surface area contributed by atoms with E-state index in [0.29, 0.717) is 12.5 Å². The summed E-state index contributed by atoms with van der Waals surface area (Å²) in [6, 6.07) is 11.6. The zero-order valence-electron chi connectivity index (χ0n) is 15.3. The molecule has 1 aliphatic heterocycles. The maximum Gasteiger partial charge on any atom is 0.221 e. The SMILES string of the molecule is CCC(C)NC(=O)CCNC1CCN(CCc2ccccc2)CC1. The molecule has 0 aliphatic carbocycles. The van der Waals surface area contributed by atoms with Crippen LogP contribution in [0.5, 0.6) is 0 Å².